The summed E-state index contributed by atoms with van der Waals surface area (Å²) >= 11 is 0. The molecule has 1 aromatic carbocycles. The van der Waals surface area contributed by atoms with Crippen molar-refractivity contribution in [3.05, 3.63) is 23.8 Å². The lowest BCUT2D eigenvalue weighted by Gasteiger charge is -2.33. The maximum Gasteiger partial charge on any atom is 0.326 e. The summed E-state index contributed by atoms with van der Waals surface area (Å²) in [5.41, 5.74) is 0.0989. The number of hydrogen-bond donors (Lipinski definition) is 2. The number of aromatic hydroxyl groups is 1. The van der Waals surface area contributed by atoms with Crippen LogP contribution in [0, 0.1) is 5.92 Å². The Kier molecular flexibility index (Phi) is 4.15. The Balaban J connectivity index is 1.96. The number of aliphatic carboxylic acids is 1. The van der Waals surface area contributed by atoms with Crippen LogP contribution in [0.25, 0.3) is 0 Å². The summed E-state index contributed by atoms with van der Waals surface area (Å²) in [6.07, 6.45) is 4.37. The van der Waals surface area contributed by atoms with Gasteiger partial charge in [0.1, 0.15) is 17.5 Å². The van der Waals surface area contributed by atoms with Crippen molar-refractivity contribution in [1.29, 1.82) is 0 Å². The van der Waals surface area contributed by atoms with Gasteiger partial charge in [0.2, 0.25) is 0 Å². The highest BCUT2D eigenvalue weighted by atomic mass is 16.5. The fourth-order valence-corrected chi connectivity index (χ4v) is 3.93. The number of carboxylic acid groups (broad SMARTS) is 1. The monoisotopic (exact) mass is 319 g/mol. The van der Waals surface area contributed by atoms with Gasteiger partial charge in [-0.3, -0.25) is 4.79 Å². The summed E-state index contributed by atoms with van der Waals surface area (Å²) < 4.78 is 5.11. The molecule has 1 amide bonds. The van der Waals surface area contributed by atoms with Crippen LogP contribution in [0.15, 0.2) is 18.2 Å². The van der Waals surface area contributed by atoms with Crippen molar-refractivity contribution in [1.82, 2.24) is 4.90 Å². The smallest absolute Gasteiger partial charge is 0.326 e. The number of amides is 1. The van der Waals surface area contributed by atoms with Gasteiger partial charge in [-0.25, -0.2) is 4.79 Å². The largest absolute Gasteiger partial charge is 0.507 e. The predicted octanol–water partition coefficient (Wildman–Crippen LogP) is 2.26. The number of phenols is 1. The average molecular weight is 319 g/mol. The Morgan fingerprint density at radius 1 is 1.26 bits per heavy atom. The average Bonchev–Trinajstić information content (AvgIpc) is 2.94. The van der Waals surface area contributed by atoms with E-state index in [-0.39, 0.29) is 23.3 Å². The second kappa shape index (κ2) is 6.10. The van der Waals surface area contributed by atoms with Crippen LogP contribution in [0.4, 0.5) is 0 Å². The molecular weight excluding hydrogens is 298 g/mol. The van der Waals surface area contributed by atoms with Gasteiger partial charge in [0.25, 0.3) is 5.91 Å². The molecule has 0 radical (unpaired) electrons. The second-order valence-corrected chi connectivity index (χ2v) is 6.30. The Morgan fingerprint density at radius 2 is 2.00 bits per heavy atom. The molecule has 1 aliphatic heterocycles. The van der Waals surface area contributed by atoms with E-state index in [4.69, 9.17) is 4.74 Å². The maximum atomic E-state index is 13.0. The standard InChI is InChI=1S/C17H21NO5/c1-23-11-6-7-15(19)12(9-11)16(20)18-13-5-3-2-4-10(13)8-14(18)17(21)22/h6-7,9-10,13-14,19H,2-5,8H2,1H3,(H,21,22). The van der Waals surface area contributed by atoms with E-state index in [9.17, 15) is 19.8 Å². The number of carboxylic acids is 1. The SMILES string of the molecule is COc1ccc(O)c(C(=O)N2C(C(=O)O)CC3CCCCC32)c1. The maximum absolute atomic E-state index is 13.0. The zero-order valence-corrected chi connectivity index (χ0v) is 13.1. The fraction of sp³-hybridized carbons (Fsp3) is 0.529. The highest BCUT2D eigenvalue weighted by molar-refractivity contribution is 5.99. The minimum Gasteiger partial charge on any atom is -0.507 e. The van der Waals surface area contributed by atoms with Crippen molar-refractivity contribution in [2.75, 3.05) is 7.11 Å². The van der Waals surface area contributed by atoms with Crippen LogP contribution < -0.4 is 4.74 Å². The summed E-state index contributed by atoms with van der Waals surface area (Å²) in [6.45, 7) is 0. The summed E-state index contributed by atoms with van der Waals surface area (Å²) in [4.78, 5) is 26.0. The highest BCUT2D eigenvalue weighted by Gasteiger charge is 2.48. The van der Waals surface area contributed by atoms with E-state index < -0.39 is 17.9 Å². The summed E-state index contributed by atoms with van der Waals surface area (Å²) in [5, 5.41) is 19.5. The predicted molar refractivity (Wildman–Crippen MR) is 82.6 cm³/mol. The van der Waals surface area contributed by atoms with Gasteiger partial charge in [0.05, 0.1) is 12.7 Å². The first-order valence-corrected chi connectivity index (χ1v) is 7.95. The van der Waals surface area contributed by atoms with E-state index in [1.54, 1.807) is 6.07 Å². The van der Waals surface area contributed by atoms with Gasteiger partial charge in [0.15, 0.2) is 0 Å². The summed E-state index contributed by atoms with van der Waals surface area (Å²) in [5.74, 6) is -0.864. The molecule has 3 atom stereocenters. The Labute approximate surface area is 134 Å². The number of fused-ring (bicyclic) bond motifs is 1. The first kappa shape index (κ1) is 15.6. The molecule has 23 heavy (non-hydrogen) atoms. The van der Waals surface area contributed by atoms with Crippen LogP contribution in [0.2, 0.25) is 0 Å². The summed E-state index contributed by atoms with van der Waals surface area (Å²) in [6, 6.07) is 3.56. The van der Waals surface area contributed by atoms with Crippen LogP contribution in [0.3, 0.4) is 0 Å². The van der Waals surface area contributed by atoms with E-state index in [0.29, 0.717) is 12.2 Å². The van der Waals surface area contributed by atoms with E-state index >= 15 is 0 Å². The lowest BCUT2D eigenvalue weighted by atomic mass is 9.84. The second-order valence-electron chi connectivity index (χ2n) is 6.30. The Morgan fingerprint density at radius 3 is 2.70 bits per heavy atom. The number of rotatable bonds is 3. The molecule has 0 aromatic heterocycles. The molecule has 2 fully saturated rings. The van der Waals surface area contributed by atoms with Crippen LogP contribution in [-0.2, 0) is 4.79 Å². The van der Waals surface area contributed by atoms with Crippen molar-refractivity contribution in [2.45, 2.75) is 44.2 Å². The Bertz CT molecular complexity index is 629. The van der Waals surface area contributed by atoms with E-state index in [1.807, 2.05) is 0 Å². The molecule has 6 nitrogen and oxygen atoms in total. The number of hydrogen-bond acceptors (Lipinski definition) is 4. The van der Waals surface area contributed by atoms with Gasteiger partial charge in [-0.2, -0.15) is 0 Å². The number of phenolic OH excluding ortho intramolecular Hbond substituents is 1. The third kappa shape index (κ3) is 2.73. The van der Waals surface area contributed by atoms with Crippen LogP contribution >= 0.6 is 0 Å². The summed E-state index contributed by atoms with van der Waals surface area (Å²) in [7, 11) is 1.48. The van der Waals surface area contributed by atoms with Gasteiger partial charge < -0.3 is 19.8 Å². The van der Waals surface area contributed by atoms with Gasteiger partial charge in [0, 0.05) is 6.04 Å². The van der Waals surface area contributed by atoms with E-state index in [1.165, 1.54) is 24.1 Å². The van der Waals surface area contributed by atoms with Crippen molar-refractivity contribution >= 4 is 11.9 Å². The zero-order valence-electron chi connectivity index (χ0n) is 13.1. The molecule has 2 aliphatic rings. The molecule has 3 unspecified atom stereocenters. The van der Waals surface area contributed by atoms with Gasteiger partial charge in [-0.15, -0.1) is 0 Å². The quantitative estimate of drug-likeness (QED) is 0.892. The number of carbonyl (C=O) groups is 2. The minimum absolute atomic E-state index is 0.0528. The topological polar surface area (TPSA) is 87.1 Å². The van der Waals surface area contributed by atoms with Crippen LogP contribution in [-0.4, -0.2) is 46.2 Å². The van der Waals surface area contributed by atoms with Crippen molar-refractivity contribution < 1.29 is 24.5 Å². The van der Waals surface area contributed by atoms with E-state index in [0.717, 1.165) is 25.7 Å². The number of benzene rings is 1. The molecule has 1 heterocycles. The normalized spacial score (nSPS) is 26.7. The molecule has 2 N–H and O–H groups in total. The first-order chi connectivity index (χ1) is 11.0. The number of methoxy groups -OCH3 is 1. The lowest BCUT2D eigenvalue weighted by Crippen LogP contribution is -2.46. The van der Waals surface area contributed by atoms with Gasteiger partial charge >= 0.3 is 5.97 Å². The molecule has 3 rings (SSSR count). The Hall–Kier alpha value is -2.24. The molecule has 0 bridgehead atoms. The molecule has 124 valence electrons. The number of carbonyl (C=O) groups excluding carboxylic acids is 1. The zero-order chi connectivity index (χ0) is 16.6. The van der Waals surface area contributed by atoms with Gasteiger partial charge in [-0.05, 0) is 43.4 Å². The van der Waals surface area contributed by atoms with Crippen molar-refractivity contribution in [3.63, 3.8) is 0 Å². The van der Waals surface area contributed by atoms with Crippen LogP contribution in [0.5, 0.6) is 11.5 Å². The minimum atomic E-state index is -0.977. The molecule has 1 aromatic rings. The van der Waals surface area contributed by atoms with Gasteiger partial charge in [-0.1, -0.05) is 12.8 Å². The van der Waals surface area contributed by atoms with Crippen molar-refractivity contribution in [2.24, 2.45) is 5.92 Å². The fourth-order valence-electron chi connectivity index (χ4n) is 3.93. The number of likely N-dealkylation sites (tertiary alicyclic amines) is 1. The highest BCUT2D eigenvalue weighted by Crippen LogP contribution is 2.41. The lowest BCUT2D eigenvalue weighted by molar-refractivity contribution is -0.141. The first-order valence-electron chi connectivity index (χ1n) is 7.95. The third-order valence-electron chi connectivity index (χ3n) is 5.04. The van der Waals surface area contributed by atoms with E-state index in [2.05, 4.69) is 0 Å². The molecular formula is C17H21NO5. The number of nitrogens with zero attached hydrogens (tertiary/aromatic N) is 1. The molecule has 1 saturated carbocycles. The molecule has 1 aliphatic carbocycles. The third-order valence-corrected chi connectivity index (χ3v) is 5.04. The molecule has 0 spiro atoms. The number of ether oxygens (including phenoxy) is 1. The molecule has 6 heteroatoms. The van der Waals surface area contributed by atoms with Crippen molar-refractivity contribution in [3.8, 4) is 11.5 Å². The van der Waals surface area contributed by atoms with Crippen LogP contribution in [0.1, 0.15) is 42.5 Å². The molecule has 1 saturated heterocycles.